The number of alkyl halides is 1. The number of hydrogen-bond acceptors (Lipinski definition) is 7. The Hall–Kier alpha value is -3.49. The highest BCUT2D eigenvalue weighted by Crippen LogP contribution is 2.29. The van der Waals surface area contributed by atoms with Crippen molar-refractivity contribution >= 4 is 33.8 Å². The smallest absolute Gasteiger partial charge is 0.338 e. The van der Waals surface area contributed by atoms with Gasteiger partial charge in [-0.1, -0.05) is 70.5 Å². The largest absolute Gasteiger partial charge is 0.452 e. The van der Waals surface area contributed by atoms with E-state index in [1.807, 2.05) is 0 Å². The SMILES string of the molecule is O=C(OC1COC(Br)C(OC(=O)c2ccccc2)C1OC(=O)c1ccccc1)c1ccccc1. The first-order valence-electron chi connectivity index (χ1n) is 10.6. The van der Waals surface area contributed by atoms with Crippen LogP contribution in [-0.4, -0.2) is 47.8 Å². The molecule has 3 aromatic rings. The third kappa shape index (κ3) is 5.70. The second-order valence-electron chi connectivity index (χ2n) is 7.47. The summed E-state index contributed by atoms with van der Waals surface area (Å²) in [5.74, 6) is -1.89. The van der Waals surface area contributed by atoms with E-state index in [0.717, 1.165) is 0 Å². The van der Waals surface area contributed by atoms with Gasteiger partial charge in [0.25, 0.3) is 0 Å². The summed E-state index contributed by atoms with van der Waals surface area (Å²) < 4.78 is 22.7. The molecule has 0 aromatic heterocycles. The van der Waals surface area contributed by atoms with Crippen LogP contribution in [0.4, 0.5) is 0 Å². The molecular weight excluding hydrogens is 504 g/mol. The number of benzene rings is 3. The molecule has 1 aliphatic heterocycles. The fraction of sp³-hybridized carbons (Fsp3) is 0.192. The molecule has 8 heteroatoms. The van der Waals surface area contributed by atoms with Crippen molar-refractivity contribution in [1.82, 2.24) is 0 Å². The van der Waals surface area contributed by atoms with Crippen LogP contribution in [0.15, 0.2) is 91.0 Å². The van der Waals surface area contributed by atoms with Gasteiger partial charge in [0, 0.05) is 0 Å². The van der Waals surface area contributed by atoms with E-state index >= 15 is 0 Å². The van der Waals surface area contributed by atoms with E-state index in [1.54, 1.807) is 91.0 Å². The molecule has 0 aliphatic carbocycles. The number of esters is 3. The Labute approximate surface area is 204 Å². The summed E-state index contributed by atoms with van der Waals surface area (Å²) >= 11 is 3.35. The van der Waals surface area contributed by atoms with E-state index in [1.165, 1.54) is 0 Å². The Bertz CT molecular complexity index is 1120. The molecule has 1 fully saturated rings. The van der Waals surface area contributed by atoms with Gasteiger partial charge in [-0.25, -0.2) is 14.4 Å². The predicted octanol–water partition coefficient (Wildman–Crippen LogP) is 4.41. The summed E-state index contributed by atoms with van der Waals surface area (Å²) in [6, 6.07) is 25.2. The lowest BCUT2D eigenvalue weighted by atomic mass is 10.0. The van der Waals surface area contributed by atoms with Gasteiger partial charge in [-0.3, -0.25) is 0 Å². The molecule has 0 N–H and O–H groups in total. The number of ether oxygens (including phenoxy) is 4. The first-order chi connectivity index (χ1) is 16.5. The van der Waals surface area contributed by atoms with E-state index in [-0.39, 0.29) is 6.61 Å². The topological polar surface area (TPSA) is 88.1 Å². The third-order valence-electron chi connectivity index (χ3n) is 5.14. The molecule has 174 valence electrons. The van der Waals surface area contributed by atoms with Gasteiger partial charge >= 0.3 is 17.9 Å². The van der Waals surface area contributed by atoms with Crippen molar-refractivity contribution < 1.29 is 33.3 Å². The minimum Gasteiger partial charge on any atom is -0.452 e. The second kappa shape index (κ2) is 11.1. The molecule has 4 atom stereocenters. The number of hydrogen-bond donors (Lipinski definition) is 0. The highest BCUT2D eigenvalue weighted by atomic mass is 79.9. The lowest BCUT2D eigenvalue weighted by Gasteiger charge is -2.38. The van der Waals surface area contributed by atoms with Crippen LogP contribution in [-0.2, 0) is 18.9 Å². The van der Waals surface area contributed by atoms with E-state index < -0.39 is 41.2 Å². The average molecular weight is 525 g/mol. The van der Waals surface area contributed by atoms with Gasteiger partial charge < -0.3 is 18.9 Å². The molecule has 1 saturated heterocycles. The van der Waals surface area contributed by atoms with E-state index in [2.05, 4.69) is 15.9 Å². The summed E-state index contributed by atoms with van der Waals surface area (Å²) in [6.45, 7) is -0.0688. The highest BCUT2D eigenvalue weighted by molar-refractivity contribution is 9.09. The Balaban J connectivity index is 1.59. The van der Waals surface area contributed by atoms with Crippen molar-refractivity contribution in [3.8, 4) is 0 Å². The summed E-state index contributed by atoms with van der Waals surface area (Å²) in [5, 5.41) is -0.791. The van der Waals surface area contributed by atoms with Crippen LogP contribution in [0.25, 0.3) is 0 Å². The molecular formula is C26H21BrO7. The summed E-state index contributed by atoms with van der Waals surface area (Å²) in [5.41, 5.74) is 0.953. The summed E-state index contributed by atoms with van der Waals surface area (Å²) in [7, 11) is 0. The molecule has 34 heavy (non-hydrogen) atoms. The lowest BCUT2D eigenvalue weighted by Crippen LogP contribution is -2.56. The van der Waals surface area contributed by atoms with Crippen LogP contribution in [0, 0.1) is 0 Å². The molecule has 3 aromatic carbocycles. The van der Waals surface area contributed by atoms with Gasteiger partial charge in [-0.2, -0.15) is 0 Å². The Morgan fingerprint density at radius 1 is 0.618 bits per heavy atom. The van der Waals surface area contributed by atoms with Gasteiger partial charge in [-0.05, 0) is 36.4 Å². The molecule has 0 saturated carbocycles. The predicted molar refractivity (Wildman–Crippen MR) is 126 cm³/mol. The zero-order chi connectivity index (χ0) is 23.9. The van der Waals surface area contributed by atoms with Crippen molar-refractivity contribution in [2.24, 2.45) is 0 Å². The highest BCUT2D eigenvalue weighted by Gasteiger charge is 2.47. The fourth-order valence-electron chi connectivity index (χ4n) is 3.41. The van der Waals surface area contributed by atoms with Gasteiger partial charge in [0.15, 0.2) is 23.3 Å². The molecule has 1 heterocycles. The van der Waals surface area contributed by atoms with E-state index in [4.69, 9.17) is 18.9 Å². The van der Waals surface area contributed by atoms with E-state index in [0.29, 0.717) is 16.7 Å². The van der Waals surface area contributed by atoms with Crippen molar-refractivity contribution in [2.75, 3.05) is 6.61 Å². The van der Waals surface area contributed by atoms with Gasteiger partial charge in [0.05, 0.1) is 23.3 Å². The summed E-state index contributed by atoms with van der Waals surface area (Å²) in [6.07, 6.45) is -3.21. The van der Waals surface area contributed by atoms with E-state index in [9.17, 15) is 14.4 Å². The molecule has 0 radical (unpaired) electrons. The van der Waals surface area contributed by atoms with Crippen LogP contribution in [0.1, 0.15) is 31.1 Å². The average Bonchev–Trinajstić information content (AvgIpc) is 2.89. The number of carbonyl (C=O) groups excluding carboxylic acids is 3. The quantitative estimate of drug-likeness (QED) is 0.268. The van der Waals surface area contributed by atoms with Crippen LogP contribution >= 0.6 is 15.9 Å². The van der Waals surface area contributed by atoms with Crippen molar-refractivity contribution in [2.45, 2.75) is 23.3 Å². The minimum atomic E-state index is -1.12. The normalized spacial score (nSPS) is 21.8. The Kier molecular flexibility index (Phi) is 7.72. The summed E-state index contributed by atoms with van der Waals surface area (Å²) in [4.78, 5) is 38.3. The first-order valence-corrected chi connectivity index (χ1v) is 11.5. The minimum absolute atomic E-state index is 0.0688. The molecule has 1 aliphatic rings. The first kappa shape index (κ1) is 23.7. The van der Waals surface area contributed by atoms with Crippen LogP contribution in [0.3, 0.4) is 0 Å². The Morgan fingerprint density at radius 2 is 1.00 bits per heavy atom. The van der Waals surface area contributed by atoms with Gasteiger partial charge in [0.1, 0.15) is 0 Å². The number of rotatable bonds is 6. The van der Waals surface area contributed by atoms with Crippen molar-refractivity contribution in [3.05, 3.63) is 108 Å². The number of halogens is 1. The molecule has 0 spiro atoms. The molecule has 4 unspecified atom stereocenters. The van der Waals surface area contributed by atoms with Crippen LogP contribution in [0.2, 0.25) is 0 Å². The Morgan fingerprint density at radius 3 is 1.44 bits per heavy atom. The maximum atomic E-state index is 12.9. The molecule has 0 bridgehead atoms. The van der Waals surface area contributed by atoms with Crippen molar-refractivity contribution in [3.63, 3.8) is 0 Å². The maximum Gasteiger partial charge on any atom is 0.338 e. The van der Waals surface area contributed by atoms with Crippen LogP contribution in [0.5, 0.6) is 0 Å². The van der Waals surface area contributed by atoms with Crippen molar-refractivity contribution in [1.29, 1.82) is 0 Å². The maximum absolute atomic E-state index is 12.9. The fourth-order valence-corrected chi connectivity index (χ4v) is 3.97. The number of carbonyl (C=O) groups is 3. The standard InChI is InChI=1S/C26H21BrO7/c27-23-22(34-26(30)19-14-8-3-9-15-19)21(33-25(29)18-12-6-2-7-13-18)20(16-31-23)32-24(28)17-10-4-1-5-11-17/h1-15,20-23H,16H2. The molecule has 0 amide bonds. The van der Waals surface area contributed by atoms with Gasteiger partial charge in [0.2, 0.25) is 0 Å². The van der Waals surface area contributed by atoms with Gasteiger partial charge in [-0.15, -0.1) is 0 Å². The lowest BCUT2D eigenvalue weighted by molar-refractivity contribution is -0.165. The second-order valence-corrected chi connectivity index (χ2v) is 8.37. The monoisotopic (exact) mass is 524 g/mol. The molecule has 7 nitrogen and oxygen atoms in total. The van der Waals surface area contributed by atoms with Crippen LogP contribution < -0.4 is 0 Å². The molecule has 4 rings (SSSR count). The zero-order valence-corrected chi connectivity index (χ0v) is 19.5. The zero-order valence-electron chi connectivity index (χ0n) is 17.9. The third-order valence-corrected chi connectivity index (χ3v) is 5.93.